The number of benzene rings is 1. The van der Waals surface area contributed by atoms with Crippen LogP contribution in [-0.2, 0) is 24.2 Å². The van der Waals surface area contributed by atoms with Crippen LogP contribution in [0.1, 0.15) is 17.3 Å². The van der Waals surface area contributed by atoms with Crippen LogP contribution >= 0.6 is 0 Å². The number of rotatable bonds is 4. The molecule has 0 radical (unpaired) electrons. The third kappa shape index (κ3) is 2.67. The number of hydrogen-bond donors (Lipinski definition) is 0. The average Bonchev–Trinajstić information content (AvgIpc) is 2.93. The van der Waals surface area contributed by atoms with Gasteiger partial charge >= 0.3 is 0 Å². The van der Waals surface area contributed by atoms with Crippen LogP contribution in [-0.4, -0.2) is 48.7 Å². The maximum absolute atomic E-state index is 12.8. The summed E-state index contributed by atoms with van der Waals surface area (Å²) in [6.07, 6.45) is 2.55. The van der Waals surface area contributed by atoms with E-state index in [0.29, 0.717) is 0 Å². The predicted octanol–water partition coefficient (Wildman–Crippen LogP) is 0.663. The standard InChI is InChI=1S/C16H13NO8S/c1-16-6-5-11(25-16)14(19)12(15(16)20)13(18)9-4-3-8(26(2,23)24)7-10(9)17(21)22/h3-7,11-12H,1-2H3. The highest BCUT2D eigenvalue weighted by molar-refractivity contribution is 7.90. The monoisotopic (exact) mass is 379 g/mol. The molecule has 10 heteroatoms. The number of nitrogens with zero attached hydrogens (tertiary/aromatic N) is 1. The Morgan fingerprint density at radius 2 is 1.96 bits per heavy atom. The van der Waals surface area contributed by atoms with Crippen molar-refractivity contribution < 1.29 is 32.5 Å². The van der Waals surface area contributed by atoms with Crippen molar-refractivity contribution in [3.05, 3.63) is 46.0 Å². The zero-order valence-electron chi connectivity index (χ0n) is 13.7. The zero-order valence-corrected chi connectivity index (χ0v) is 14.5. The van der Waals surface area contributed by atoms with Crippen molar-refractivity contribution in [1.29, 1.82) is 0 Å². The van der Waals surface area contributed by atoms with Crippen LogP contribution < -0.4 is 0 Å². The van der Waals surface area contributed by atoms with Crippen molar-refractivity contribution in [2.24, 2.45) is 5.92 Å². The van der Waals surface area contributed by atoms with Gasteiger partial charge < -0.3 is 4.74 Å². The number of Topliss-reactive ketones (excluding diaryl/α,β-unsaturated/α-hetero) is 3. The minimum atomic E-state index is -3.74. The minimum Gasteiger partial charge on any atom is -0.348 e. The molecule has 2 aliphatic heterocycles. The van der Waals surface area contributed by atoms with Crippen molar-refractivity contribution in [2.45, 2.75) is 23.5 Å². The van der Waals surface area contributed by atoms with Gasteiger partial charge in [-0.25, -0.2) is 8.42 Å². The van der Waals surface area contributed by atoms with Crippen LogP contribution in [0.25, 0.3) is 0 Å². The van der Waals surface area contributed by atoms with Gasteiger partial charge in [0.1, 0.15) is 17.6 Å². The Balaban J connectivity index is 2.09. The maximum atomic E-state index is 12.8. The molecule has 0 aliphatic carbocycles. The molecule has 1 aromatic carbocycles. The number of fused-ring (bicyclic) bond motifs is 2. The van der Waals surface area contributed by atoms with Crippen molar-refractivity contribution in [2.75, 3.05) is 6.26 Å². The van der Waals surface area contributed by atoms with E-state index in [1.54, 1.807) is 0 Å². The molecule has 2 bridgehead atoms. The summed E-state index contributed by atoms with van der Waals surface area (Å²) in [5.74, 6) is -4.39. The molecule has 0 saturated carbocycles. The number of hydrogen-bond acceptors (Lipinski definition) is 8. The van der Waals surface area contributed by atoms with Crippen LogP contribution in [0.5, 0.6) is 0 Å². The Morgan fingerprint density at radius 1 is 1.31 bits per heavy atom. The number of ketones is 3. The highest BCUT2D eigenvalue weighted by atomic mass is 32.2. The van der Waals surface area contributed by atoms with Crippen molar-refractivity contribution in [3.8, 4) is 0 Å². The van der Waals surface area contributed by atoms with Gasteiger partial charge in [0.05, 0.1) is 15.4 Å². The first-order valence-corrected chi connectivity index (χ1v) is 9.33. The van der Waals surface area contributed by atoms with Gasteiger partial charge in [-0.3, -0.25) is 24.5 Å². The Kier molecular flexibility index (Phi) is 3.93. The number of nitro benzene ring substituents is 1. The molecule has 0 amide bonds. The molecule has 9 nitrogen and oxygen atoms in total. The normalized spacial score (nSPS) is 27.6. The largest absolute Gasteiger partial charge is 0.348 e. The van der Waals surface area contributed by atoms with E-state index in [0.717, 1.165) is 24.5 Å². The number of carbonyl (C=O) groups excluding carboxylic acids is 3. The minimum absolute atomic E-state index is 0.348. The van der Waals surface area contributed by atoms with E-state index < -0.39 is 61.0 Å². The Labute approximate surface area is 147 Å². The molecule has 1 aromatic rings. The predicted molar refractivity (Wildman–Crippen MR) is 86.5 cm³/mol. The summed E-state index contributed by atoms with van der Waals surface area (Å²) in [4.78, 5) is 47.8. The highest BCUT2D eigenvalue weighted by Crippen LogP contribution is 2.37. The topological polar surface area (TPSA) is 138 Å². The second kappa shape index (κ2) is 5.64. The third-order valence-electron chi connectivity index (χ3n) is 4.40. The third-order valence-corrected chi connectivity index (χ3v) is 5.51. The fraction of sp³-hybridized carbons (Fsp3) is 0.312. The lowest BCUT2D eigenvalue weighted by atomic mass is 9.80. The maximum Gasteiger partial charge on any atom is 0.281 e. The molecule has 2 aliphatic rings. The first-order chi connectivity index (χ1) is 12.0. The van der Waals surface area contributed by atoms with E-state index in [-0.39, 0.29) is 4.90 Å². The van der Waals surface area contributed by atoms with Gasteiger partial charge in [-0.15, -0.1) is 0 Å². The number of carbonyl (C=O) groups is 3. The number of ether oxygens (including phenoxy) is 1. The highest BCUT2D eigenvalue weighted by Gasteiger charge is 2.55. The average molecular weight is 379 g/mol. The first-order valence-electron chi connectivity index (χ1n) is 7.43. The lowest BCUT2D eigenvalue weighted by molar-refractivity contribution is -0.385. The molecular weight excluding hydrogens is 366 g/mol. The Hall–Kier alpha value is -2.72. The van der Waals surface area contributed by atoms with Crippen LogP contribution in [0.2, 0.25) is 0 Å². The number of sulfone groups is 1. The Morgan fingerprint density at radius 3 is 2.54 bits per heavy atom. The van der Waals surface area contributed by atoms with Gasteiger partial charge in [-0.1, -0.05) is 0 Å². The van der Waals surface area contributed by atoms with Crippen LogP contribution in [0.15, 0.2) is 35.2 Å². The molecule has 0 spiro atoms. The molecule has 2 heterocycles. The van der Waals surface area contributed by atoms with Crippen molar-refractivity contribution >= 4 is 32.9 Å². The molecule has 136 valence electrons. The number of nitro groups is 1. The van der Waals surface area contributed by atoms with Crippen molar-refractivity contribution in [1.82, 2.24) is 0 Å². The summed E-state index contributed by atoms with van der Waals surface area (Å²) in [5.41, 5.74) is -2.73. The first kappa shape index (κ1) is 18.1. The Bertz CT molecular complexity index is 1010. The molecule has 1 saturated heterocycles. The van der Waals surface area contributed by atoms with E-state index >= 15 is 0 Å². The van der Waals surface area contributed by atoms with Gasteiger partial charge in [0, 0.05) is 12.3 Å². The molecule has 26 heavy (non-hydrogen) atoms. The van der Waals surface area contributed by atoms with E-state index in [4.69, 9.17) is 4.74 Å². The summed E-state index contributed by atoms with van der Waals surface area (Å²) in [5, 5.41) is 11.3. The molecule has 1 fully saturated rings. The van der Waals surface area contributed by atoms with E-state index in [9.17, 15) is 32.9 Å². The second-order valence-corrected chi connectivity index (χ2v) is 8.29. The van der Waals surface area contributed by atoms with Gasteiger partial charge in [0.15, 0.2) is 27.2 Å². The van der Waals surface area contributed by atoms with Crippen LogP contribution in [0.3, 0.4) is 0 Å². The van der Waals surface area contributed by atoms with E-state index in [2.05, 4.69) is 0 Å². The quantitative estimate of drug-likeness (QED) is 0.244. The molecule has 0 N–H and O–H groups in total. The van der Waals surface area contributed by atoms with E-state index in [1.165, 1.54) is 19.1 Å². The SMILES string of the molecule is CC12C=CC(O1)C(=O)C(C(=O)c1ccc(S(C)(=O)=O)cc1[N+](=O)[O-])C2=O. The molecule has 3 atom stereocenters. The van der Waals surface area contributed by atoms with Crippen LogP contribution in [0, 0.1) is 16.0 Å². The molecule has 0 aromatic heterocycles. The second-order valence-electron chi connectivity index (χ2n) is 6.28. The van der Waals surface area contributed by atoms with Crippen LogP contribution in [0.4, 0.5) is 5.69 Å². The van der Waals surface area contributed by atoms with Gasteiger partial charge in [0.2, 0.25) is 0 Å². The lowest BCUT2D eigenvalue weighted by Gasteiger charge is -2.32. The summed E-state index contributed by atoms with van der Waals surface area (Å²) >= 11 is 0. The van der Waals surface area contributed by atoms with Gasteiger partial charge in [0.25, 0.3) is 5.69 Å². The fourth-order valence-corrected chi connectivity index (χ4v) is 3.63. The van der Waals surface area contributed by atoms with Gasteiger partial charge in [-0.05, 0) is 31.2 Å². The smallest absolute Gasteiger partial charge is 0.281 e. The zero-order chi connectivity index (χ0) is 19.4. The molecule has 3 unspecified atom stereocenters. The summed E-state index contributed by atoms with van der Waals surface area (Å²) in [7, 11) is -3.74. The lowest BCUT2D eigenvalue weighted by Crippen LogP contribution is -2.53. The molecule has 3 rings (SSSR count). The van der Waals surface area contributed by atoms with Crippen molar-refractivity contribution in [3.63, 3.8) is 0 Å². The summed E-state index contributed by atoms with van der Waals surface area (Å²) < 4.78 is 28.5. The fourth-order valence-electron chi connectivity index (χ4n) is 2.99. The van der Waals surface area contributed by atoms with E-state index in [1.807, 2.05) is 0 Å². The van der Waals surface area contributed by atoms with Gasteiger partial charge in [-0.2, -0.15) is 0 Å². The summed E-state index contributed by atoms with van der Waals surface area (Å²) in [6, 6.07) is 2.72. The molecular formula is C16H13NO8S. The summed E-state index contributed by atoms with van der Waals surface area (Å²) in [6.45, 7) is 1.40.